The molecule has 1 unspecified atom stereocenters. The summed E-state index contributed by atoms with van der Waals surface area (Å²) in [6, 6.07) is 0.484. The molecule has 0 heterocycles. The van der Waals surface area contributed by atoms with E-state index >= 15 is 0 Å². The number of nitrogens with one attached hydrogen (secondary N) is 1. The number of primary amides is 1. The van der Waals surface area contributed by atoms with Gasteiger partial charge >= 0.3 is 6.09 Å². The van der Waals surface area contributed by atoms with Crippen molar-refractivity contribution in [2.45, 2.75) is 58.4 Å². The Kier molecular flexibility index (Phi) is 10.2. The smallest absolute Gasteiger partial charge is 0.404 e. The third kappa shape index (κ3) is 11.3. The van der Waals surface area contributed by atoms with E-state index in [9.17, 15) is 4.79 Å². The average molecular weight is 230 g/mol. The van der Waals surface area contributed by atoms with E-state index in [1.807, 2.05) is 0 Å². The van der Waals surface area contributed by atoms with Crippen LogP contribution in [0.1, 0.15) is 52.4 Å². The van der Waals surface area contributed by atoms with Crippen LogP contribution in [-0.4, -0.2) is 25.3 Å². The van der Waals surface area contributed by atoms with Crippen LogP contribution in [0.2, 0.25) is 0 Å². The summed E-state index contributed by atoms with van der Waals surface area (Å²) in [5, 5.41) is 3.30. The van der Waals surface area contributed by atoms with E-state index < -0.39 is 6.09 Å². The van der Waals surface area contributed by atoms with E-state index in [1.165, 1.54) is 38.5 Å². The first-order valence-corrected chi connectivity index (χ1v) is 6.32. The predicted molar refractivity (Wildman–Crippen MR) is 66.4 cm³/mol. The Labute approximate surface area is 98.9 Å². The second-order valence-corrected chi connectivity index (χ2v) is 4.23. The summed E-state index contributed by atoms with van der Waals surface area (Å²) in [7, 11) is 0. The first-order valence-electron chi connectivity index (χ1n) is 6.32. The highest BCUT2D eigenvalue weighted by Crippen LogP contribution is 2.06. The lowest BCUT2D eigenvalue weighted by Crippen LogP contribution is -2.30. The lowest BCUT2D eigenvalue weighted by molar-refractivity contribution is 0.156. The highest BCUT2D eigenvalue weighted by Gasteiger charge is 2.01. The topological polar surface area (TPSA) is 64.3 Å². The van der Waals surface area contributed by atoms with Crippen LogP contribution in [0.15, 0.2) is 0 Å². The summed E-state index contributed by atoms with van der Waals surface area (Å²) in [6.45, 7) is 5.42. The van der Waals surface area contributed by atoms with Crippen molar-refractivity contribution in [2.24, 2.45) is 5.73 Å². The van der Waals surface area contributed by atoms with Gasteiger partial charge in [0.05, 0.1) is 0 Å². The lowest BCUT2D eigenvalue weighted by atomic mass is 10.1. The SMILES string of the molecule is CCCCCCCC(C)NCCOC(N)=O. The van der Waals surface area contributed by atoms with Crippen LogP contribution in [0, 0.1) is 0 Å². The van der Waals surface area contributed by atoms with Gasteiger partial charge in [-0.05, 0) is 13.3 Å². The van der Waals surface area contributed by atoms with Crippen molar-refractivity contribution in [1.82, 2.24) is 5.32 Å². The maximum atomic E-state index is 10.3. The minimum atomic E-state index is -0.700. The monoisotopic (exact) mass is 230 g/mol. The summed E-state index contributed by atoms with van der Waals surface area (Å²) in [4.78, 5) is 10.3. The van der Waals surface area contributed by atoms with Gasteiger partial charge in [0.1, 0.15) is 6.61 Å². The van der Waals surface area contributed by atoms with Crippen LogP contribution in [0.5, 0.6) is 0 Å². The van der Waals surface area contributed by atoms with Crippen LogP contribution >= 0.6 is 0 Å². The number of carbonyl (C=O) groups excluding carboxylic acids is 1. The molecule has 0 aromatic carbocycles. The molecule has 0 spiro atoms. The number of hydrogen-bond acceptors (Lipinski definition) is 3. The minimum Gasteiger partial charge on any atom is -0.448 e. The van der Waals surface area contributed by atoms with E-state index in [4.69, 9.17) is 5.73 Å². The molecule has 0 aliphatic rings. The standard InChI is InChI=1S/C12H26N2O2/c1-3-4-5-6-7-8-11(2)14-9-10-16-12(13)15/h11,14H,3-10H2,1-2H3,(H2,13,15). The van der Waals surface area contributed by atoms with Gasteiger partial charge in [0, 0.05) is 12.6 Å². The van der Waals surface area contributed by atoms with E-state index in [2.05, 4.69) is 23.9 Å². The van der Waals surface area contributed by atoms with Crippen LogP contribution in [0.3, 0.4) is 0 Å². The molecule has 96 valence electrons. The van der Waals surface area contributed by atoms with Gasteiger partial charge in [-0.2, -0.15) is 0 Å². The van der Waals surface area contributed by atoms with Gasteiger partial charge in [-0.25, -0.2) is 4.79 Å². The Morgan fingerprint density at radius 1 is 1.31 bits per heavy atom. The minimum absolute atomic E-state index is 0.357. The van der Waals surface area contributed by atoms with Crippen LogP contribution < -0.4 is 11.1 Å². The zero-order chi connectivity index (χ0) is 12.2. The van der Waals surface area contributed by atoms with Gasteiger partial charge in [0.15, 0.2) is 0 Å². The zero-order valence-corrected chi connectivity index (χ0v) is 10.6. The Balaban J connectivity index is 3.18. The van der Waals surface area contributed by atoms with Crippen LogP contribution in [-0.2, 0) is 4.74 Å². The van der Waals surface area contributed by atoms with Crippen molar-refractivity contribution < 1.29 is 9.53 Å². The van der Waals surface area contributed by atoms with Crippen molar-refractivity contribution in [1.29, 1.82) is 0 Å². The molecule has 0 saturated carbocycles. The number of unbranched alkanes of at least 4 members (excludes halogenated alkanes) is 4. The van der Waals surface area contributed by atoms with Crippen molar-refractivity contribution in [3.63, 3.8) is 0 Å². The summed E-state index contributed by atoms with van der Waals surface area (Å²) in [5.41, 5.74) is 4.85. The molecule has 1 amide bonds. The fourth-order valence-corrected chi connectivity index (χ4v) is 1.61. The number of amides is 1. The molecule has 0 bridgehead atoms. The third-order valence-electron chi connectivity index (χ3n) is 2.58. The Hall–Kier alpha value is -0.770. The maximum Gasteiger partial charge on any atom is 0.404 e. The molecule has 0 fully saturated rings. The maximum absolute atomic E-state index is 10.3. The van der Waals surface area contributed by atoms with Gasteiger partial charge < -0.3 is 15.8 Å². The molecule has 0 aliphatic carbocycles. The molecule has 3 N–H and O–H groups in total. The van der Waals surface area contributed by atoms with E-state index in [-0.39, 0.29) is 0 Å². The molecule has 0 aromatic rings. The highest BCUT2D eigenvalue weighted by atomic mass is 16.5. The predicted octanol–water partition coefficient (Wildman–Crippen LogP) is 2.42. The van der Waals surface area contributed by atoms with Gasteiger partial charge in [0.2, 0.25) is 0 Å². The molecule has 0 aromatic heterocycles. The third-order valence-corrected chi connectivity index (χ3v) is 2.58. The number of rotatable bonds is 10. The second-order valence-electron chi connectivity index (χ2n) is 4.23. The fourth-order valence-electron chi connectivity index (χ4n) is 1.61. The van der Waals surface area contributed by atoms with E-state index in [1.54, 1.807) is 0 Å². The molecule has 0 saturated heterocycles. The summed E-state index contributed by atoms with van der Waals surface area (Å²) in [6.07, 6.45) is 7.04. The van der Waals surface area contributed by atoms with Crippen LogP contribution in [0.4, 0.5) is 4.79 Å². The van der Waals surface area contributed by atoms with Gasteiger partial charge in [0.25, 0.3) is 0 Å². The molecule has 4 heteroatoms. The quantitative estimate of drug-likeness (QED) is 0.566. The molecular formula is C12H26N2O2. The zero-order valence-electron chi connectivity index (χ0n) is 10.6. The normalized spacial score (nSPS) is 12.4. The Bertz CT molecular complexity index is 174. The van der Waals surface area contributed by atoms with E-state index in [0.717, 1.165) is 0 Å². The summed E-state index contributed by atoms with van der Waals surface area (Å²) < 4.78 is 4.63. The molecule has 0 radical (unpaired) electrons. The number of carbonyl (C=O) groups is 1. The Morgan fingerprint density at radius 2 is 2.00 bits per heavy atom. The first-order chi connectivity index (χ1) is 7.66. The number of nitrogens with two attached hydrogens (primary N) is 1. The van der Waals surface area contributed by atoms with Gasteiger partial charge in [-0.3, -0.25) is 0 Å². The molecular weight excluding hydrogens is 204 g/mol. The molecule has 1 atom stereocenters. The van der Waals surface area contributed by atoms with Crippen LogP contribution in [0.25, 0.3) is 0 Å². The second kappa shape index (κ2) is 10.7. The van der Waals surface area contributed by atoms with Crippen molar-refractivity contribution in [3.8, 4) is 0 Å². The summed E-state index contributed by atoms with van der Waals surface area (Å²) in [5.74, 6) is 0. The molecule has 0 aliphatic heterocycles. The van der Waals surface area contributed by atoms with Crippen molar-refractivity contribution >= 4 is 6.09 Å². The Morgan fingerprint density at radius 3 is 2.62 bits per heavy atom. The van der Waals surface area contributed by atoms with E-state index in [0.29, 0.717) is 19.2 Å². The van der Waals surface area contributed by atoms with Gasteiger partial charge in [-0.15, -0.1) is 0 Å². The molecule has 4 nitrogen and oxygen atoms in total. The lowest BCUT2D eigenvalue weighted by Gasteiger charge is -2.13. The molecule has 0 rings (SSSR count). The van der Waals surface area contributed by atoms with Crippen molar-refractivity contribution in [2.75, 3.05) is 13.2 Å². The highest BCUT2D eigenvalue weighted by molar-refractivity contribution is 5.64. The van der Waals surface area contributed by atoms with Crippen molar-refractivity contribution in [3.05, 3.63) is 0 Å². The average Bonchev–Trinajstić information content (AvgIpc) is 2.24. The first kappa shape index (κ1) is 15.2. The summed E-state index contributed by atoms with van der Waals surface area (Å²) >= 11 is 0. The van der Waals surface area contributed by atoms with Gasteiger partial charge in [-0.1, -0.05) is 39.0 Å². The number of hydrogen-bond donors (Lipinski definition) is 2. The number of ether oxygens (including phenoxy) is 1. The fraction of sp³-hybridized carbons (Fsp3) is 0.917. The largest absolute Gasteiger partial charge is 0.448 e. The molecule has 16 heavy (non-hydrogen) atoms.